The van der Waals surface area contributed by atoms with Crippen LogP contribution in [-0.2, 0) is 4.74 Å². The smallest absolute Gasteiger partial charge is 0.161 e. The van der Waals surface area contributed by atoms with Crippen LogP contribution in [0.2, 0.25) is 0 Å². The summed E-state index contributed by atoms with van der Waals surface area (Å²) >= 11 is 0. The van der Waals surface area contributed by atoms with Gasteiger partial charge in [0.25, 0.3) is 0 Å². The highest BCUT2D eigenvalue weighted by Crippen LogP contribution is 2.40. The first-order chi connectivity index (χ1) is 8.04. The molecule has 1 saturated heterocycles. The summed E-state index contributed by atoms with van der Waals surface area (Å²) in [5, 5.41) is 0. The van der Waals surface area contributed by atoms with Crippen LogP contribution >= 0.6 is 0 Å². The van der Waals surface area contributed by atoms with E-state index < -0.39 is 0 Å². The van der Waals surface area contributed by atoms with Gasteiger partial charge in [0.1, 0.15) is 6.23 Å². The van der Waals surface area contributed by atoms with Crippen molar-refractivity contribution in [2.45, 2.75) is 46.4 Å². The van der Waals surface area contributed by atoms with Gasteiger partial charge in [0.2, 0.25) is 0 Å². The maximum absolute atomic E-state index is 11.3. The number of ether oxygens (including phenoxy) is 1. The number of aromatic nitrogens is 1. The molecule has 1 aliphatic heterocycles. The summed E-state index contributed by atoms with van der Waals surface area (Å²) in [4.78, 5) is 11.3. The zero-order valence-corrected chi connectivity index (χ0v) is 11.0. The molecule has 2 rings (SSSR count). The van der Waals surface area contributed by atoms with E-state index in [0.29, 0.717) is 17.9 Å². The third-order valence-corrected chi connectivity index (χ3v) is 4.00. The molecule has 0 aromatic carbocycles. The minimum absolute atomic E-state index is 0.0723. The normalized spacial score (nSPS) is 32.9. The minimum Gasteiger partial charge on any atom is -0.354 e. The predicted molar refractivity (Wildman–Crippen MR) is 67.0 cm³/mol. The maximum Gasteiger partial charge on any atom is 0.161 e. The lowest BCUT2D eigenvalue weighted by Crippen LogP contribution is -2.15. The van der Waals surface area contributed by atoms with Crippen LogP contribution in [0.1, 0.15) is 50.7 Å². The van der Waals surface area contributed by atoms with Crippen molar-refractivity contribution < 1.29 is 9.53 Å². The Balaban J connectivity index is 2.19. The van der Waals surface area contributed by atoms with Gasteiger partial charge < -0.3 is 9.30 Å². The number of ketones is 1. The van der Waals surface area contributed by atoms with E-state index in [1.54, 1.807) is 6.92 Å². The molecular formula is C14H21NO2. The fourth-order valence-corrected chi connectivity index (χ4v) is 2.61. The lowest BCUT2D eigenvalue weighted by Gasteiger charge is -2.17. The second kappa shape index (κ2) is 4.65. The summed E-state index contributed by atoms with van der Waals surface area (Å²) in [5.41, 5.74) is 0.758. The molecule has 3 nitrogen and oxygen atoms in total. The highest BCUT2D eigenvalue weighted by molar-refractivity contribution is 5.93. The van der Waals surface area contributed by atoms with E-state index in [4.69, 9.17) is 4.74 Å². The molecule has 4 atom stereocenters. The monoisotopic (exact) mass is 235 g/mol. The van der Waals surface area contributed by atoms with Gasteiger partial charge >= 0.3 is 0 Å². The fourth-order valence-electron chi connectivity index (χ4n) is 2.61. The number of carbonyl (C=O) groups is 1. The fraction of sp³-hybridized carbons (Fsp3) is 0.643. The quantitative estimate of drug-likeness (QED) is 0.753. The van der Waals surface area contributed by atoms with Gasteiger partial charge in [-0.05, 0) is 25.3 Å². The Labute approximate surface area is 103 Å². The molecule has 2 unspecified atom stereocenters. The first kappa shape index (κ1) is 12.4. The SMILES string of the molecule is CC[C@H]1O[C@@H](n2ccc(C(C)=O)c2)C(C)C1C. The van der Waals surface area contributed by atoms with Crippen molar-refractivity contribution in [2.75, 3.05) is 0 Å². The molecule has 0 aliphatic carbocycles. The topological polar surface area (TPSA) is 31.2 Å². The van der Waals surface area contributed by atoms with Crippen LogP contribution in [0.3, 0.4) is 0 Å². The predicted octanol–water partition coefficient (Wildman–Crippen LogP) is 3.27. The molecule has 0 bridgehead atoms. The zero-order valence-electron chi connectivity index (χ0n) is 11.0. The second-order valence-electron chi connectivity index (χ2n) is 5.10. The maximum atomic E-state index is 11.3. The minimum atomic E-state index is 0.0723. The number of hydrogen-bond acceptors (Lipinski definition) is 2. The summed E-state index contributed by atoms with van der Waals surface area (Å²) < 4.78 is 8.10. The molecule has 2 heterocycles. The van der Waals surface area contributed by atoms with E-state index in [-0.39, 0.29) is 12.0 Å². The van der Waals surface area contributed by atoms with E-state index in [1.165, 1.54) is 0 Å². The van der Waals surface area contributed by atoms with Crippen molar-refractivity contribution >= 4 is 5.78 Å². The van der Waals surface area contributed by atoms with Crippen molar-refractivity contribution in [3.63, 3.8) is 0 Å². The third kappa shape index (κ3) is 2.16. The van der Waals surface area contributed by atoms with Crippen LogP contribution in [0.25, 0.3) is 0 Å². The average molecular weight is 235 g/mol. The summed E-state index contributed by atoms with van der Waals surface area (Å²) in [5.74, 6) is 1.15. The van der Waals surface area contributed by atoms with Crippen LogP contribution in [0.5, 0.6) is 0 Å². The van der Waals surface area contributed by atoms with Crippen LogP contribution in [0.15, 0.2) is 18.5 Å². The van der Waals surface area contributed by atoms with Crippen molar-refractivity contribution in [1.82, 2.24) is 4.57 Å². The van der Waals surface area contributed by atoms with E-state index in [9.17, 15) is 4.79 Å². The van der Waals surface area contributed by atoms with E-state index in [0.717, 1.165) is 12.0 Å². The Morgan fingerprint density at radius 1 is 1.41 bits per heavy atom. The molecule has 94 valence electrons. The Bertz CT molecular complexity index is 410. The van der Waals surface area contributed by atoms with E-state index >= 15 is 0 Å². The molecule has 0 saturated carbocycles. The molecule has 17 heavy (non-hydrogen) atoms. The molecule has 1 aliphatic rings. The highest BCUT2D eigenvalue weighted by Gasteiger charge is 2.38. The van der Waals surface area contributed by atoms with Gasteiger partial charge in [-0.3, -0.25) is 4.79 Å². The van der Waals surface area contributed by atoms with Crippen molar-refractivity contribution in [2.24, 2.45) is 11.8 Å². The third-order valence-electron chi connectivity index (χ3n) is 4.00. The standard InChI is InChI=1S/C14H21NO2/c1-5-13-9(2)10(3)14(17-13)15-7-6-12(8-15)11(4)16/h6-10,13-14H,5H2,1-4H3/t9?,10?,13-,14-/m1/s1. The molecule has 3 heteroatoms. The Morgan fingerprint density at radius 3 is 2.59 bits per heavy atom. The van der Waals surface area contributed by atoms with Gasteiger partial charge in [0, 0.05) is 23.9 Å². The molecular weight excluding hydrogens is 214 g/mol. The first-order valence-electron chi connectivity index (χ1n) is 6.38. The summed E-state index contributed by atoms with van der Waals surface area (Å²) in [6, 6.07) is 1.86. The number of rotatable bonds is 3. The van der Waals surface area contributed by atoms with Gasteiger partial charge in [-0.2, -0.15) is 0 Å². The Morgan fingerprint density at radius 2 is 2.12 bits per heavy atom. The zero-order chi connectivity index (χ0) is 12.6. The molecule has 0 amide bonds. The molecule has 0 spiro atoms. The van der Waals surface area contributed by atoms with Gasteiger partial charge in [-0.25, -0.2) is 0 Å². The van der Waals surface area contributed by atoms with Gasteiger partial charge in [0.15, 0.2) is 5.78 Å². The van der Waals surface area contributed by atoms with Crippen LogP contribution in [-0.4, -0.2) is 16.5 Å². The molecule has 0 radical (unpaired) electrons. The average Bonchev–Trinajstić information content (AvgIpc) is 2.87. The summed E-state index contributed by atoms with van der Waals surface area (Å²) in [6.45, 7) is 8.22. The number of nitrogens with zero attached hydrogens (tertiary/aromatic N) is 1. The number of carbonyl (C=O) groups excluding carboxylic acids is 1. The van der Waals surface area contributed by atoms with E-state index in [2.05, 4.69) is 20.8 Å². The largest absolute Gasteiger partial charge is 0.354 e. The Hall–Kier alpha value is -1.09. The second-order valence-corrected chi connectivity index (χ2v) is 5.10. The van der Waals surface area contributed by atoms with Crippen molar-refractivity contribution in [3.05, 3.63) is 24.0 Å². The lowest BCUT2D eigenvalue weighted by molar-refractivity contribution is -0.0138. The van der Waals surface area contributed by atoms with Crippen molar-refractivity contribution in [3.8, 4) is 0 Å². The summed E-state index contributed by atoms with van der Waals surface area (Å²) in [6.07, 6.45) is 5.29. The van der Waals surface area contributed by atoms with Crippen LogP contribution in [0.4, 0.5) is 0 Å². The number of Topliss-reactive ketones (excluding diaryl/α,β-unsaturated/α-hetero) is 1. The highest BCUT2D eigenvalue weighted by atomic mass is 16.5. The first-order valence-corrected chi connectivity index (χ1v) is 6.38. The van der Waals surface area contributed by atoms with Crippen LogP contribution in [0, 0.1) is 11.8 Å². The molecule has 0 N–H and O–H groups in total. The lowest BCUT2D eigenvalue weighted by atomic mass is 9.92. The molecule has 1 aromatic heterocycles. The van der Waals surface area contributed by atoms with E-state index in [1.807, 2.05) is 23.0 Å². The molecule has 1 fully saturated rings. The van der Waals surface area contributed by atoms with Gasteiger partial charge in [-0.15, -0.1) is 0 Å². The van der Waals surface area contributed by atoms with Gasteiger partial charge in [-0.1, -0.05) is 20.8 Å². The molecule has 1 aromatic rings. The van der Waals surface area contributed by atoms with Crippen molar-refractivity contribution in [1.29, 1.82) is 0 Å². The number of hydrogen-bond donors (Lipinski definition) is 0. The summed E-state index contributed by atoms with van der Waals surface area (Å²) in [7, 11) is 0. The Kier molecular flexibility index (Phi) is 3.38. The van der Waals surface area contributed by atoms with Gasteiger partial charge in [0.05, 0.1) is 6.10 Å². The van der Waals surface area contributed by atoms with Crippen LogP contribution < -0.4 is 0 Å².